The van der Waals surface area contributed by atoms with Crippen molar-refractivity contribution in [3.63, 3.8) is 0 Å². The molecular weight excluding hydrogens is 278 g/mol. The van der Waals surface area contributed by atoms with Crippen molar-refractivity contribution in [1.29, 1.82) is 0 Å². The molecule has 0 heterocycles. The normalized spacial score (nSPS) is 10.7. The van der Waals surface area contributed by atoms with Crippen LogP contribution in [0.3, 0.4) is 0 Å². The Bertz CT molecular complexity index is 789. The highest BCUT2D eigenvalue weighted by Gasteiger charge is 2.11. The van der Waals surface area contributed by atoms with E-state index in [-0.39, 0.29) is 0 Å². The van der Waals surface area contributed by atoms with E-state index in [1.165, 1.54) is 17.7 Å². The Morgan fingerprint density at radius 2 is 1.41 bits per heavy atom. The smallest absolute Gasteiger partial charge is 0.133 e. The molecule has 0 nitrogen and oxygen atoms in total. The summed E-state index contributed by atoms with van der Waals surface area (Å²) >= 11 is 0. The molecule has 0 radical (unpaired) electrons. The monoisotopic (exact) mass is 294 g/mol. The molecule has 0 amide bonds. The van der Waals surface area contributed by atoms with Gasteiger partial charge in [-0.15, -0.1) is 0 Å². The summed E-state index contributed by atoms with van der Waals surface area (Å²) in [6.07, 6.45) is 0.981. The van der Waals surface area contributed by atoms with Crippen LogP contribution in [-0.4, -0.2) is 0 Å². The summed E-state index contributed by atoms with van der Waals surface area (Å²) in [6.45, 7) is 2.11. The highest BCUT2D eigenvalue weighted by Crippen LogP contribution is 2.33. The molecule has 0 atom stereocenters. The Morgan fingerprint density at radius 1 is 0.727 bits per heavy atom. The molecule has 0 N–H and O–H groups in total. The minimum absolute atomic E-state index is 0.413. The van der Waals surface area contributed by atoms with Crippen LogP contribution in [0.4, 0.5) is 8.78 Å². The second-order valence-electron chi connectivity index (χ2n) is 5.22. The Balaban J connectivity index is 2.13. The first-order chi connectivity index (χ1) is 10.7. The molecule has 0 saturated carbocycles. The van der Waals surface area contributed by atoms with Gasteiger partial charge >= 0.3 is 0 Å². The third-order valence-corrected chi connectivity index (χ3v) is 3.82. The fraction of sp³-hybridized carbons (Fsp3) is 0.100. The first-order valence-corrected chi connectivity index (χ1v) is 7.33. The summed E-state index contributed by atoms with van der Waals surface area (Å²) in [6, 6.07) is 19.5. The van der Waals surface area contributed by atoms with Gasteiger partial charge in [-0.2, -0.15) is 0 Å². The van der Waals surface area contributed by atoms with Crippen LogP contribution in [0.1, 0.15) is 12.5 Å². The molecule has 0 fully saturated rings. The number of benzene rings is 3. The van der Waals surface area contributed by atoms with E-state index in [0.29, 0.717) is 5.56 Å². The summed E-state index contributed by atoms with van der Waals surface area (Å²) < 4.78 is 27.2. The average Bonchev–Trinajstić information content (AvgIpc) is 2.55. The van der Waals surface area contributed by atoms with Gasteiger partial charge in [0.25, 0.3) is 0 Å². The number of hydrogen-bond donors (Lipinski definition) is 0. The van der Waals surface area contributed by atoms with Crippen molar-refractivity contribution in [2.24, 2.45) is 0 Å². The van der Waals surface area contributed by atoms with Crippen molar-refractivity contribution < 1.29 is 8.78 Å². The van der Waals surface area contributed by atoms with Gasteiger partial charge in [0.2, 0.25) is 0 Å². The van der Waals surface area contributed by atoms with E-state index >= 15 is 0 Å². The minimum atomic E-state index is -0.564. The maximum absolute atomic E-state index is 14.1. The van der Waals surface area contributed by atoms with Crippen LogP contribution >= 0.6 is 0 Å². The van der Waals surface area contributed by atoms with Gasteiger partial charge in [-0.3, -0.25) is 0 Å². The summed E-state index contributed by atoms with van der Waals surface area (Å²) in [7, 11) is 0. The third kappa shape index (κ3) is 2.77. The van der Waals surface area contributed by atoms with Crippen molar-refractivity contribution >= 4 is 0 Å². The van der Waals surface area contributed by atoms with E-state index in [9.17, 15) is 8.78 Å². The first-order valence-electron chi connectivity index (χ1n) is 7.33. The van der Waals surface area contributed by atoms with E-state index in [2.05, 4.69) is 19.1 Å². The summed E-state index contributed by atoms with van der Waals surface area (Å²) in [5.74, 6) is -1.11. The van der Waals surface area contributed by atoms with Crippen LogP contribution < -0.4 is 0 Å². The topological polar surface area (TPSA) is 0 Å². The Kier molecular flexibility index (Phi) is 4.01. The Labute approximate surface area is 129 Å². The maximum atomic E-state index is 14.1. The second-order valence-corrected chi connectivity index (χ2v) is 5.22. The average molecular weight is 294 g/mol. The van der Waals surface area contributed by atoms with E-state index in [0.717, 1.165) is 29.2 Å². The lowest BCUT2D eigenvalue weighted by Gasteiger charge is -2.11. The number of halogens is 2. The molecule has 0 saturated heterocycles. The van der Waals surface area contributed by atoms with Crippen molar-refractivity contribution in [3.8, 4) is 22.3 Å². The fourth-order valence-electron chi connectivity index (χ4n) is 2.60. The molecule has 0 aliphatic carbocycles. The summed E-state index contributed by atoms with van der Waals surface area (Å²) in [4.78, 5) is 0. The fourth-order valence-corrected chi connectivity index (χ4v) is 2.60. The lowest BCUT2D eigenvalue weighted by Crippen LogP contribution is -1.90. The Hall–Kier alpha value is -2.48. The third-order valence-electron chi connectivity index (χ3n) is 3.82. The molecule has 0 unspecified atom stereocenters. The van der Waals surface area contributed by atoms with Crippen LogP contribution in [0.2, 0.25) is 0 Å². The molecule has 3 aromatic carbocycles. The van der Waals surface area contributed by atoms with Gasteiger partial charge in [0, 0.05) is 11.6 Å². The van der Waals surface area contributed by atoms with Gasteiger partial charge < -0.3 is 0 Å². The number of rotatable bonds is 3. The molecule has 2 heteroatoms. The van der Waals surface area contributed by atoms with Gasteiger partial charge in [-0.1, -0.05) is 55.5 Å². The summed E-state index contributed by atoms with van der Waals surface area (Å²) in [5.41, 5.74) is 4.40. The molecule has 22 heavy (non-hydrogen) atoms. The van der Waals surface area contributed by atoms with Crippen LogP contribution in [0.25, 0.3) is 22.3 Å². The quantitative estimate of drug-likeness (QED) is 0.567. The van der Waals surface area contributed by atoms with E-state index in [1.54, 1.807) is 0 Å². The van der Waals surface area contributed by atoms with Crippen LogP contribution in [-0.2, 0) is 6.42 Å². The second kappa shape index (κ2) is 6.10. The molecule has 0 aliphatic rings. The Morgan fingerprint density at radius 3 is 2.05 bits per heavy atom. The largest absolute Gasteiger partial charge is 0.207 e. The van der Waals surface area contributed by atoms with Crippen molar-refractivity contribution in [1.82, 2.24) is 0 Å². The molecule has 0 aliphatic heterocycles. The van der Waals surface area contributed by atoms with Gasteiger partial charge in [0.05, 0.1) is 0 Å². The van der Waals surface area contributed by atoms with E-state index in [4.69, 9.17) is 0 Å². The van der Waals surface area contributed by atoms with E-state index in [1.807, 2.05) is 36.4 Å². The highest BCUT2D eigenvalue weighted by atomic mass is 19.1. The van der Waals surface area contributed by atoms with Gasteiger partial charge in [0.1, 0.15) is 11.6 Å². The predicted molar refractivity (Wildman–Crippen MR) is 86.6 cm³/mol. The molecule has 0 spiro atoms. The van der Waals surface area contributed by atoms with Gasteiger partial charge in [0.15, 0.2) is 0 Å². The molecular formula is C20H16F2. The maximum Gasteiger partial charge on any atom is 0.133 e. The number of hydrogen-bond acceptors (Lipinski definition) is 0. The molecule has 3 rings (SSSR count). The standard InChI is InChI=1S/C20H16F2/c1-2-14-7-9-15(10-8-14)17-5-3-4-6-18(17)19-12-11-16(21)13-20(19)22/h3-13H,2H2,1H3. The molecule has 0 bridgehead atoms. The SMILES string of the molecule is CCc1ccc(-c2ccccc2-c2ccc(F)cc2F)cc1. The molecule has 3 aromatic rings. The molecule has 110 valence electrons. The van der Waals surface area contributed by atoms with Crippen molar-refractivity contribution in [2.75, 3.05) is 0 Å². The van der Waals surface area contributed by atoms with Crippen molar-refractivity contribution in [2.45, 2.75) is 13.3 Å². The summed E-state index contributed by atoms with van der Waals surface area (Å²) in [5, 5.41) is 0. The van der Waals surface area contributed by atoms with Crippen LogP contribution in [0, 0.1) is 11.6 Å². The first kappa shape index (κ1) is 14.5. The highest BCUT2D eigenvalue weighted by molar-refractivity contribution is 5.83. The lowest BCUT2D eigenvalue weighted by atomic mass is 9.93. The van der Waals surface area contributed by atoms with Crippen LogP contribution in [0.5, 0.6) is 0 Å². The van der Waals surface area contributed by atoms with Gasteiger partial charge in [-0.05, 0) is 40.8 Å². The zero-order valence-electron chi connectivity index (χ0n) is 12.3. The van der Waals surface area contributed by atoms with Gasteiger partial charge in [-0.25, -0.2) is 8.78 Å². The predicted octanol–water partition coefficient (Wildman–Crippen LogP) is 5.86. The molecule has 0 aromatic heterocycles. The van der Waals surface area contributed by atoms with Crippen molar-refractivity contribution in [3.05, 3.63) is 83.9 Å². The van der Waals surface area contributed by atoms with Crippen LogP contribution in [0.15, 0.2) is 66.7 Å². The zero-order valence-corrected chi connectivity index (χ0v) is 12.3. The lowest BCUT2D eigenvalue weighted by molar-refractivity contribution is 0.585. The number of aryl methyl sites for hydroxylation is 1. The minimum Gasteiger partial charge on any atom is -0.207 e. The van der Waals surface area contributed by atoms with E-state index < -0.39 is 11.6 Å². The zero-order chi connectivity index (χ0) is 15.5.